The number of hydrogen-bond acceptors (Lipinski definition) is 4. The molecule has 4 heteroatoms. The summed E-state index contributed by atoms with van der Waals surface area (Å²) in [5.41, 5.74) is 3.26. The molecule has 1 heterocycles. The summed E-state index contributed by atoms with van der Waals surface area (Å²) in [5.74, 6) is 0.871. The van der Waals surface area contributed by atoms with E-state index in [0.29, 0.717) is 6.54 Å². The summed E-state index contributed by atoms with van der Waals surface area (Å²) in [4.78, 5) is 6.54. The Balaban J connectivity index is 1.61. The van der Waals surface area contributed by atoms with E-state index in [1.54, 1.807) is 0 Å². The summed E-state index contributed by atoms with van der Waals surface area (Å²) in [6, 6.07) is 18.3. The molecule has 4 nitrogen and oxygen atoms in total. The molecule has 1 aliphatic heterocycles. The van der Waals surface area contributed by atoms with Crippen LogP contribution in [0.25, 0.3) is 11.1 Å². The van der Waals surface area contributed by atoms with Crippen LogP contribution >= 0.6 is 0 Å². The van der Waals surface area contributed by atoms with Gasteiger partial charge in [0.2, 0.25) is 0 Å². The molecule has 1 aliphatic rings. The van der Waals surface area contributed by atoms with Crippen molar-refractivity contribution in [3.63, 3.8) is 0 Å². The van der Waals surface area contributed by atoms with Crippen LogP contribution in [0.2, 0.25) is 0 Å². The standard InChI is InChI=1S/C19H23N3O/c1-22-13-5-12-20-19(22)21-14-18(23)17-10-8-16(9-11-17)15-6-3-2-4-7-15/h2-4,6-11,18,23H,5,12-14H2,1H3,(H,20,21). The van der Waals surface area contributed by atoms with Gasteiger partial charge in [-0.2, -0.15) is 0 Å². The molecular weight excluding hydrogens is 286 g/mol. The lowest BCUT2D eigenvalue weighted by Gasteiger charge is -2.26. The minimum Gasteiger partial charge on any atom is -0.387 e. The molecule has 1 unspecified atom stereocenters. The summed E-state index contributed by atoms with van der Waals surface area (Å²) >= 11 is 0. The predicted octanol–water partition coefficient (Wildman–Crippen LogP) is 2.67. The van der Waals surface area contributed by atoms with Crippen molar-refractivity contribution < 1.29 is 5.11 Å². The normalized spacial score (nSPS) is 15.9. The SMILES string of the molecule is CN1CCCN=C1NCC(O)c1ccc(-c2ccccc2)cc1. The van der Waals surface area contributed by atoms with Crippen LogP contribution in [0.3, 0.4) is 0 Å². The average molecular weight is 309 g/mol. The van der Waals surface area contributed by atoms with E-state index in [1.807, 2.05) is 37.4 Å². The van der Waals surface area contributed by atoms with Crippen LogP contribution in [0, 0.1) is 0 Å². The first-order valence-electron chi connectivity index (χ1n) is 8.07. The highest BCUT2D eigenvalue weighted by atomic mass is 16.3. The third-order valence-electron chi connectivity index (χ3n) is 4.13. The number of hydrogen-bond donors (Lipinski definition) is 2. The summed E-state index contributed by atoms with van der Waals surface area (Å²) in [6.07, 6.45) is 0.545. The number of nitrogens with zero attached hydrogens (tertiary/aromatic N) is 2. The number of aliphatic hydroxyl groups excluding tert-OH is 1. The van der Waals surface area contributed by atoms with E-state index in [4.69, 9.17) is 0 Å². The summed E-state index contributed by atoms with van der Waals surface area (Å²) in [6.45, 7) is 2.33. The van der Waals surface area contributed by atoms with Crippen LogP contribution < -0.4 is 5.32 Å². The smallest absolute Gasteiger partial charge is 0.193 e. The second kappa shape index (κ2) is 7.29. The van der Waals surface area contributed by atoms with Crippen molar-refractivity contribution >= 4 is 5.96 Å². The average Bonchev–Trinajstić information content (AvgIpc) is 2.62. The van der Waals surface area contributed by atoms with E-state index >= 15 is 0 Å². The summed E-state index contributed by atoms with van der Waals surface area (Å²) in [5, 5.41) is 13.6. The Morgan fingerprint density at radius 1 is 1.09 bits per heavy atom. The van der Waals surface area contributed by atoms with Gasteiger partial charge in [-0.3, -0.25) is 4.99 Å². The second-order valence-corrected chi connectivity index (χ2v) is 5.87. The molecule has 2 aromatic rings. The Morgan fingerprint density at radius 2 is 1.78 bits per heavy atom. The van der Waals surface area contributed by atoms with E-state index in [1.165, 1.54) is 5.56 Å². The van der Waals surface area contributed by atoms with Gasteiger partial charge in [0.05, 0.1) is 6.10 Å². The molecule has 2 aromatic carbocycles. The van der Waals surface area contributed by atoms with Crippen LogP contribution in [0.15, 0.2) is 59.6 Å². The first-order chi connectivity index (χ1) is 11.2. The van der Waals surface area contributed by atoms with Crippen LogP contribution in [0.4, 0.5) is 0 Å². The van der Waals surface area contributed by atoms with Crippen LogP contribution in [-0.4, -0.2) is 42.6 Å². The zero-order valence-corrected chi connectivity index (χ0v) is 13.4. The minimum atomic E-state index is -0.544. The molecule has 3 rings (SSSR count). The van der Waals surface area contributed by atoms with Gasteiger partial charge in [-0.1, -0.05) is 54.6 Å². The Bertz CT molecular complexity index is 652. The van der Waals surface area contributed by atoms with Crippen molar-refractivity contribution in [2.24, 2.45) is 4.99 Å². The number of benzene rings is 2. The van der Waals surface area contributed by atoms with Gasteiger partial charge in [-0.25, -0.2) is 0 Å². The Hall–Kier alpha value is -2.33. The predicted molar refractivity (Wildman–Crippen MR) is 94.4 cm³/mol. The summed E-state index contributed by atoms with van der Waals surface area (Å²) < 4.78 is 0. The van der Waals surface area contributed by atoms with E-state index in [-0.39, 0.29) is 0 Å². The molecule has 23 heavy (non-hydrogen) atoms. The molecule has 0 amide bonds. The highest BCUT2D eigenvalue weighted by Crippen LogP contribution is 2.21. The molecule has 0 aliphatic carbocycles. The summed E-state index contributed by atoms with van der Waals surface area (Å²) in [7, 11) is 2.02. The van der Waals surface area contributed by atoms with Gasteiger partial charge in [-0.05, 0) is 23.1 Å². The molecule has 0 saturated carbocycles. The van der Waals surface area contributed by atoms with Crippen molar-refractivity contribution in [3.05, 3.63) is 60.2 Å². The molecule has 0 aromatic heterocycles. The fraction of sp³-hybridized carbons (Fsp3) is 0.316. The zero-order chi connectivity index (χ0) is 16.1. The highest BCUT2D eigenvalue weighted by Gasteiger charge is 2.13. The fourth-order valence-electron chi connectivity index (χ4n) is 2.74. The Morgan fingerprint density at radius 3 is 2.48 bits per heavy atom. The van der Waals surface area contributed by atoms with Gasteiger partial charge in [0.15, 0.2) is 5.96 Å². The Labute approximate surface area is 137 Å². The Kier molecular flexibility index (Phi) is 4.93. The zero-order valence-electron chi connectivity index (χ0n) is 13.4. The molecule has 0 radical (unpaired) electrons. The van der Waals surface area contributed by atoms with E-state index in [2.05, 4.69) is 39.5 Å². The van der Waals surface area contributed by atoms with Gasteiger partial charge in [0.25, 0.3) is 0 Å². The third kappa shape index (κ3) is 3.90. The van der Waals surface area contributed by atoms with Crippen LogP contribution in [0.1, 0.15) is 18.1 Å². The van der Waals surface area contributed by atoms with Crippen LogP contribution in [0.5, 0.6) is 0 Å². The van der Waals surface area contributed by atoms with E-state index in [0.717, 1.165) is 36.6 Å². The number of aliphatic imine (C=N–C) groups is 1. The number of aliphatic hydroxyl groups is 1. The van der Waals surface area contributed by atoms with Gasteiger partial charge in [0.1, 0.15) is 0 Å². The van der Waals surface area contributed by atoms with Crippen LogP contribution in [-0.2, 0) is 0 Å². The maximum absolute atomic E-state index is 10.4. The van der Waals surface area contributed by atoms with Gasteiger partial charge >= 0.3 is 0 Å². The second-order valence-electron chi connectivity index (χ2n) is 5.87. The molecule has 120 valence electrons. The first kappa shape index (κ1) is 15.6. The van der Waals surface area contributed by atoms with E-state index < -0.39 is 6.10 Å². The van der Waals surface area contributed by atoms with Crippen molar-refractivity contribution in [2.45, 2.75) is 12.5 Å². The molecule has 0 bridgehead atoms. The third-order valence-corrected chi connectivity index (χ3v) is 4.13. The highest BCUT2D eigenvalue weighted by molar-refractivity contribution is 5.80. The van der Waals surface area contributed by atoms with E-state index in [9.17, 15) is 5.11 Å². The van der Waals surface area contributed by atoms with Crippen molar-refractivity contribution in [3.8, 4) is 11.1 Å². The molecule has 0 saturated heterocycles. The van der Waals surface area contributed by atoms with Crippen molar-refractivity contribution in [1.82, 2.24) is 10.2 Å². The largest absolute Gasteiger partial charge is 0.387 e. The molecule has 0 spiro atoms. The number of guanidine groups is 1. The van der Waals surface area contributed by atoms with Gasteiger partial charge in [-0.15, -0.1) is 0 Å². The molecular formula is C19H23N3O. The first-order valence-corrected chi connectivity index (χ1v) is 8.07. The fourth-order valence-corrected chi connectivity index (χ4v) is 2.74. The van der Waals surface area contributed by atoms with Crippen molar-refractivity contribution in [1.29, 1.82) is 0 Å². The van der Waals surface area contributed by atoms with Gasteiger partial charge < -0.3 is 15.3 Å². The number of nitrogens with one attached hydrogen (secondary N) is 1. The number of rotatable bonds is 4. The minimum absolute atomic E-state index is 0.466. The monoisotopic (exact) mass is 309 g/mol. The molecule has 2 N–H and O–H groups in total. The van der Waals surface area contributed by atoms with Crippen molar-refractivity contribution in [2.75, 3.05) is 26.7 Å². The lowest BCUT2D eigenvalue weighted by Crippen LogP contribution is -2.43. The topological polar surface area (TPSA) is 47.9 Å². The molecule has 0 fully saturated rings. The lowest BCUT2D eigenvalue weighted by molar-refractivity contribution is 0.179. The maximum atomic E-state index is 10.4. The molecule has 1 atom stereocenters. The maximum Gasteiger partial charge on any atom is 0.193 e. The quantitative estimate of drug-likeness (QED) is 0.913. The van der Waals surface area contributed by atoms with Gasteiger partial charge in [0, 0.05) is 26.7 Å². The lowest BCUT2D eigenvalue weighted by atomic mass is 10.0.